The Morgan fingerprint density at radius 3 is 2.62 bits per heavy atom. The van der Waals surface area contributed by atoms with Gasteiger partial charge in [0.2, 0.25) is 5.91 Å². The Labute approximate surface area is 168 Å². The molecule has 3 aromatic rings. The molecular formula is C23H23F2N3O. The second-order valence-electron chi connectivity index (χ2n) is 7.49. The van der Waals surface area contributed by atoms with E-state index in [0.29, 0.717) is 19.4 Å². The molecule has 0 saturated heterocycles. The number of halogens is 2. The van der Waals surface area contributed by atoms with E-state index in [1.807, 2.05) is 30.9 Å². The zero-order valence-corrected chi connectivity index (χ0v) is 16.6. The third-order valence-electron chi connectivity index (χ3n) is 5.65. The molecule has 0 saturated carbocycles. The summed E-state index contributed by atoms with van der Waals surface area (Å²) in [6.07, 6.45) is 1.79. The van der Waals surface area contributed by atoms with Gasteiger partial charge in [-0.2, -0.15) is 5.10 Å². The highest BCUT2D eigenvalue weighted by atomic mass is 19.1. The van der Waals surface area contributed by atoms with Crippen LogP contribution in [-0.2, 0) is 24.2 Å². The van der Waals surface area contributed by atoms with Gasteiger partial charge in [-0.05, 0) is 55.5 Å². The van der Waals surface area contributed by atoms with Crippen LogP contribution in [-0.4, -0.2) is 27.1 Å². The molecule has 150 valence electrons. The van der Waals surface area contributed by atoms with Gasteiger partial charge in [0.1, 0.15) is 11.5 Å². The fraction of sp³-hybridized carbons (Fsp3) is 0.304. The molecule has 0 aliphatic carbocycles. The van der Waals surface area contributed by atoms with E-state index in [0.717, 1.165) is 36.0 Å². The smallest absolute Gasteiger partial charge is 0.223 e. The van der Waals surface area contributed by atoms with Gasteiger partial charge in [-0.25, -0.2) is 13.5 Å². The van der Waals surface area contributed by atoms with E-state index in [2.05, 4.69) is 17.2 Å². The fourth-order valence-electron chi connectivity index (χ4n) is 4.02. The standard InChI is InChI=1S/C23H23F2N3O/c1-15-20(16(2)28(26-15)22-9-7-19(24)13-21(22)25)8-10-23(29)27-12-11-17-5-3-4-6-18(17)14-27/h3-7,9,13H,8,10-12,14H2,1-2H3. The van der Waals surface area contributed by atoms with Crippen molar-refractivity contribution in [3.8, 4) is 5.69 Å². The largest absolute Gasteiger partial charge is 0.338 e. The van der Waals surface area contributed by atoms with E-state index in [4.69, 9.17) is 0 Å². The maximum Gasteiger partial charge on any atom is 0.223 e. The molecule has 0 radical (unpaired) electrons. The summed E-state index contributed by atoms with van der Waals surface area (Å²) in [7, 11) is 0. The minimum atomic E-state index is -0.662. The van der Waals surface area contributed by atoms with Gasteiger partial charge in [0.25, 0.3) is 0 Å². The molecule has 0 fully saturated rings. The lowest BCUT2D eigenvalue weighted by molar-refractivity contribution is -0.132. The van der Waals surface area contributed by atoms with Crippen molar-refractivity contribution in [3.63, 3.8) is 0 Å². The number of benzene rings is 2. The molecule has 1 amide bonds. The van der Waals surface area contributed by atoms with Crippen LogP contribution in [0.15, 0.2) is 42.5 Å². The highest BCUT2D eigenvalue weighted by Gasteiger charge is 2.22. The van der Waals surface area contributed by atoms with Crippen LogP contribution < -0.4 is 0 Å². The molecule has 6 heteroatoms. The molecule has 0 N–H and O–H groups in total. The summed E-state index contributed by atoms with van der Waals surface area (Å²) >= 11 is 0. The topological polar surface area (TPSA) is 38.1 Å². The maximum absolute atomic E-state index is 14.2. The first-order valence-electron chi connectivity index (χ1n) is 9.79. The van der Waals surface area contributed by atoms with Crippen molar-refractivity contribution in [2.75, 3.05) is 6.54 Å². The van der Waals surface area contributed by atoms with Gasteiger partial charge < -0.3 is 4.90 Å². The van der Waals surface area contributed by atoms with E-state index in [9.17, 15) is 13.6 Å². The quantitative estimate of drug-likeness (QED) is 0.661. The van der Waals surface area contributed by atoms with E-state index < -0.39 is 11.6 Å². The second-order valence-corrected chi connectivity index (χ2v) is 7.49. The summed E-state index contributed by atoms with van der Waals surface area (Å²) in [5.41, 5.74) is 5.18. The summed E-state index contributed by atoms with van der Waals surface area (Å²) in [4.78, 5) is 14.7. The number of nitrogens with zero attached hydrogens (tertiary/aromatic N) is 3. The maximum atomic E-state index is 14.2. The van der Waals surface area contributed by atoms with Crippen LogP contribution in [0.4, 0.5) is 8.78 Å². The molecule has 29 heavy (non-hydrogen) atoms. The molecule has 2 aromatic carbocycles. The van der Waals surface area contributed by atoms with Gasteiger partial charge in [-0.15, -0.1) is 0 Å². The first-order chi connectivity index (χ1) is 13.9. The minimum absolute atomic E-state index is 0.110. The normalized spacial score (nSPS) is 13.4. The third-order valence-corrected chi connectivity index (χ3v) is 5.65. The van der Waals surface area contributed by atoms with Crippen LogP contribution in [0.2, 0.25) is 0 Å². The fourth-order valence-corrected chi connectivity index (χ4v) is 4.02. The van der Waals surface area contributed by atoms with Crippen molar-refractivity contribution in [3.05, 3.63) is 82.2 Å². The predicted molar refractivity (Wildman–Crippen MR) is 107 cm³/mol. The lowest BCUT2D eigenvalue weighted by atomic mass is 9.99. The Morgan fingerprint density at radius 2 is 1.86 bits per heavy atom. The van der Waals surface area contributed by atoms with Gasteiger partial charge in [0, 0.05) is 31.3 Å². The summed E-state index contributed by atoms with van der Waals surface area (Å²) in [6.45, 7) is 5.07. The SMILES string of the molecule is Cc1nn(-c2ccc(F)cc2F)c(C)c1CCC(=O)N1CCc2ccccc2C1. The van der Waals surface area contributed by atoms with E-state index in [-0.39, 0.29) is 11.6 Å². The van der Waals surface area contributed by atoms with Crippen molar-refractivity contribution < 1.29 is 13.6 Å². The number of amides is 1. The average molecular weight is 395 g/mol. The zero-order valence-electron chi connectivity index (χ0n) is 16.6. The monoisotopic (exact) mass is 395 g/mol. The van der Waals surface area contributed by atoms with Crippen LogP contribution in [0.25, 0.3) is 5.69 Å². The van der Waals surface area contributed by atoms with E-state index >= 15 is 0 Å². The van der Waals surface area contributed by atoms with Crippen LogP contribution >= 0.6 is 0 Å². The Balaban J connectivity index is 1.48. The highest BCUT2D eigenvalue weighted by molar-refractivity contribution is 5.77. The van der Waals surface area contributed by atoms with Crippen LogP contribution in [0.5, 0.6) is 0 Å². The second kappa shape index (κ2) is 7.78. The Morgan fingerprint density at radius 1 is 1.10 bits per heavy atom. The molecule has 0 bridgehead atoms. The average Bonchev–Trinajstić information content (AvgIpc) is 2.99. The summed E-state index contributed by atoms with van der Waals surface area (Å²) in [6, 6.07) is 11.7. The Bertz CT molecular complexity index is 1070. The minimum Gasteiger partial charge on any atom is -0.338 e. The van der Waals surface area contributed by atoms with Crippen molar-refractivity contribution in [2.45, 2.75) is 39.7 Å². The van der Waals surface area contributed by atoms with Crippen LogP contribution in [0.1, 0.15) is 34.5 Å². The third kappa shape index (κ3) is 3.79. The summed E-state index contributed by atoms with van der Waals surface area (Å²) < 4.78 is 28.9. The van der Waals surface area contributed by atoms with Gasteiger partial charge in [0.05, 0.1) is 5.69 Å². The number of hydrogen-bond acceptors (Lipinski definition) is 2. The number of carbonyl (C=O) groups is 1. The molecule has 0 unspecified atom stereocenters. The number of fused-ring (bicyclic) bond motifs is 1. The van der Waals surface area contributed by atoms with Crippen molar-refractivity contribution >= 4 is 5.91 Å². The molecule has 1 aromatic heterocycles. The van der Waals surface area contributed by atoms with Crippen molar-refractivity contribution in [2.24, 2.45) is 0 Å². The molecule has 0 spiro atoms. The number of rotatable bonds is 4. The first-order valence-corrected chi connectivity index (χ1v) is 9.79. The predicted octanol–water partition coefficient (Wildman–Crippen LogP) is 4.28. The highest BCUT2D eigenvalue weighted by Crippen LogP contribution is 2.23. The summed E-state index contributed by atoms with van der Waals surface area (Å²) in [5.74, 6) is -1.18. The number of carbonyl (C=O) groups excluding carboxylic acids is 1. The molecule has 4 rings (SSSR count). The van der Waals surface area contributed by atoms with Crippen molar-refractivity contribution in [1.29, 1.82) is 0 Å². The number of aromatic nitrogens is 2. The van der Waals surface area contributed by atoms with Crippen LogP contribution in [0.3, 0.4) is 0 Å². The molecule has 1 aliphatic rings. The molecule has 0 atom stereocenters. The molecular weight excluding hydrogens is 372 g/mol. The zero-order chi connectivity index (χ0) is 20.5. The molecule has 4 nitrogen and oxygen atoms in total. The van der Waals surface area contributed by atoms with Crippen molar-refractivity contribution in [1.82, 2.24) is 14.7 Å². The van der Waals surface area contributed by atoms with Crippen LogP contribution in [0, 0.1) is 25.5 Å². The van der Waals surface area contributed by atoms with E-state index in [1.54, 1.807) is 0 Å². The van der Waals surface area contributed by atoms with Gasteiger partial charge in [-0.3, -0.25) is 4.79 Å². The lowest BCUT2D eigenvalue weighted by Crippen LogP contribution is -2.36. The number of hydrogen-bond donors (Lipinski definition) is 0. The Kier molecular flexibility index (Phi) is 5.18. The molecule has 1 aliphatic heterocycles. The van der Waals surface area contributed by atoms with E-state index in [1.165, 1.54) is 27.9 Å². The lowest BCUT2D eigenvalue weighted by Gasteiger charge is -2.29. The first kappa shape index (κ1) is 19.3. The van der Waals surface area contributed by atoms with Gasteiger partial charge in [0.15, 0.2) is 5.82 Å². The Hall–Kier alpha value is -3.02. The van der Waals surface area contributed by atoms with Gasteiger partial charge >= 0.3 is 0 Å². The number of aryl methyl sites for hydroxylation is 1. The molecule has 2 heterocycles. The van der Waals surface area contributed by atoms with Gasteiger partial charge in [-0.1, -0.05) is 24.3 Å². The summed E-state index contributed by atoms with van der Waals surface area (Å²) in [5, 5.41) is 4.42.